The molecule has 2 rings (SSSR count). The van der Waals surface area contributed by atoms with Crippen LogP contribution in [0.3, 0.4) is 0 Å². The molecule has 0 amide bonds. The summed E-state index contributed by atoms with van der Waals surface area (Å²) in [7, 11) is 0. The monoisotopic (exact) mass is 226 g/mol. The van der Waals surface area contributed by atoms with Crippen molar-refractivity contribution in [1.82, 2.24) is 0 Å². The van der Waals surface area contributed by atoms with Crippen molar-refractivity contribution in [3.63, 3.8) is 0 Å². The lowest BCUT2D eigenvalue weighted by Gasteiger charge is -2.42. The first-order chi connectivity index (χ1) is 7.50. The van der Waals surface area contributed by atoms with Crippen molar-refractivity contribution in [2.75, 3.05) is 6.61 Å². The molecule has 0 radical (unpaired) electrons. The maximum atomic E-state index is 9.64. The summed E-state index contributed by atoms with van der Waals surface area (Å²) >= 11 is 0. The molecule has 0 saturated heterocycles. The summed E-state index contributed by atoms with van der Waals surface area (Å²) in [5, 5.41) is 9.64. The van der Waals surface area contributed by atoms with Crippen LogP contribution in [0.25, 0.3) is 0 Å². The minimum Gasteiger partial charge on any atom is -0.391 e. The number of fused-ring (bicyclic) bond motifs is 2. The van der Waals surface area contributed by atoms with E-state index >= 15 is 0 Å². The SMILES string of the molecule is CCC(O)COC12CCC(C)(CCC1C)C2. The molecule has 1 N–H and O–H groups in total. The average molecular weight is 226 g/mol. The predicted octanol–water partition coefficient (Wildman–Crippen LogP) is 3.13. The molecule has 0 aromatic rings. The molecule has 0 heterocycles. The lowest BCUT2D eigenvalue weighted by molar-refractivity contribution is -0.124. The first-order valence-corrected chi connectivity index (χ1v) is 6.82. The van der Waals surface area contributed by atoms with Gasteiger partial charge in [-0.1, -0.05) is 20.8 Å². The zero-order valence-electron chi connectivity index (χ0n) is 11.0. The molecular weight excluding hydrogens is 200 g/mol. The van der Waals surface area contributed by atoms with Crippen molar-refractivity contribution in [3.8, 4) is 0 Å². The highest BCUT2D eigenvalue weighted by molar-refractivity contribution is 5.04. The van der Waals surface area contributed by atoms with Gasteiger partial charge in [-0.2, -0.15) is 0 Å². The third-order valence-electron chi connectivity index (χ3n) is 4.99. The zero-order chi connectivity index (χ0) is 11.8. The molecule has 0 aliphatic heterocycles. The Labute approximate surface area is 99.4 Å². The minimum atomic E-state index is -0.282. The molecule has 2 heteroatoms. The predicted molar refractivity (Wildman–Crippen MR) is 65.3 cm³/mol. The number of aliphatic hydroxyl groups is 1. The van der Waals surface area contributed by atoms with E-state index in [1.54, 1.807) is 0 Å². The molecule has 2 aliphatic rings. The van der Waals surface area contributed by atoms with Crippen molar-refractivity contribution < 1.29 is 9.84 Å². The van der Waals surface area contributed by atoms with E-state index in [1.807, 2.05) is 6.92 Å². The Morgan fingerprint density at radius 2 is 2.12 bits per heavy atom. The van der Waals surface area contributed by atoms with Crippen LogP contribution in [0.15, 0.2) is 0 Å². The van der Waals surface area contributed by atoms with Gasteiger partial charge in [0.05, 0.1) is 18.3 Å². The minimum absolute atomic E-state index is 0.0865. The highest BCUT2D eigenvalue weighted by Gasteiger charge is 2.52. The van der Waals surface area contributed by atoms with Crippen LogP contribution in [-0.4, -0.2) is 23.4 Å². The molecular formula is C14H26O2. The average Bonchev–Trinajstić information content (AvgIpc) is 2.57. The zero-order valence-corrected chi connectivity index (χ0v) is 11.0. The van der Waals surface area contributed by atoms with E-state index in [2.05, 4.69) is 13.8 Å². The standard InChI is InChI=1S/C14H26O2/c1-4-12(15)9-16-14-8-7-13(3,10-14)6-5-11(14)2/h11-12,15H,4-10H2,1-3H3. The normalized spacial score (nSPS) is 44.6. The smallest absolute Gasteiger partial charge is 0.0771 e. The Morgan fingerprint density at radius 3 is 2.81 bits per heavy atom. The quantitative estimate of drug-likeness (QED) is 0.798. The van der Waals surface area contributed by atoms with Crippen LogP contribution < -0.4 is 0 Å². The Hall–Kier alpha value is -0.0800. The van der Waals surface area contributed by atoms with Gasteiger partial charge in [-0.15, -0.1) is 0 Å². The van der Waals surface area contributed by atoms with Crippen molar-refractivity contribution in [3.05, 3.63) is 0 Å². The van der Waals surface area contributed by atoms with E-state index in [0.29, 0.717) is 17.9 Å². The molecule has 94 valence electrons. The summed E-state index contributed by atoms with van der Waals surface area (Å²) in [6, 6.07) is 0. The van der Waals surface area contributed by atoms with Crippen LogP contribution in [0.4, 0.5) is 0 Å². The van der Waals surface area contributed by atoms with Gasteiger partial charge in [0.15, 0.2) is 0 Å². The number of hydrogen-bond acceptors (Lipinski definition) is 2. The van der Waals surface area contributed by atoms with Gasteiger partial charge in [0.2, 0.25) is 0 Å². The van der Waals surface area contributed by atoms with E-state index in [1.165, 1.54) is 32.1 Å². The fraction of sp³-hybridized carbons (Fsp3) is 1.00. The second-order valence-electron chi connectivity index (χ2n) is 6.37. The summed E-state index contributed by atoms with van der Waals surface area (Å²) in [5.74, 6) is 0.659. The second-order valence-corrected chi connectivity index (χ2v) is 6.37. The maximum absolute atomic E-state index is 9.64. The molecule has 2 saturated carbocycles. The summed E-state index contributed by atoms with van der Waals surface area (Å²) < 4.78 is 6.14. The molecule has 2 aliphatic carbocycles. The maximum Gasteiger partial charge on any atom is 0.0771 e. The van der Waals surface area contributed by atoms with Gasteiger partial charge in [-0.3, -0.25) is 0 Å². The Morgan fingerprint density at radius 1 is 1.38 bits per heavy atom. The van der Waals surface area contributed by atoms with Gasteiger partial charge in [0.1, 0.15) is 0 Å². The summed E-state index contributed by atoms with van der Waals surface area (Å²) in [6.07, 6.45) is 6.87. The number of hydrogen-bond donors (Lipinski definition) is 1. The third kappa shape index (κ3) is 2.14. The van der Waals surface area contributed by atoms with Crippen LogP contribution >= 0.6 is 0 Å². The fourth-order valence-corrected chi connectivity index (χ4v) is 3.52. The second kappa shape index (κ2) is 4.30. The summed E-state index contributed by atoms with van der Waals surface area (Å²) in [4.78, 5) is 0. The molecule has 2 nitrogen and oxygen atoms in total. The Bertz CT molecular complexity index is 253. The summed E-state index contributed by atoms with van der Waals surface area (Å²) in [6.45, 7) is 7.26. The molecule has 16 heavy (non-hydrogen) atoms. The Balaban J connectivity index is 2.00. The molecule has 4 unspecified atom stereocenters. The van der Waals surface area contributed by atoms with E-state index in [-0.39, 0.29) is 11.7 Å². The highest BCUT2D eigenvalue weighted by atomic mass is 16.5. The Kier molecular flexibility index (Phi) is 3.33. The van der Waals surface area contributed by atoms with Crippen molar-refractivity contribution >= 4 is 0 Å². The number of aliphatic hydroxyl groups excluding tert-OH is 1. The van der Waals surface area contributed by atoms with E-state index in [4.69, 9.17) is 4.74 Å². The molecule has 0 spiro atoms. The molecule has 2 fully saturated rings. The van der Waals surface area contributed by atoms with Gasteiger partial charge in [-0.25, -0.2) is 0 Å². The van der Waals surface area contributed by atoms with Crippen LogP contribution in [0, 0.1) is 11.3 Å². The van der Waals surface area contributed by atoms with Gasteiger partial charge < -0.3 is 9.84 Å². The lowest BCUT2D eigenvalue weighted by Crippen LogP contribution is -2.43. The largest absolute Gasteiger partial charge is 0.391 e. The van der Waals surface area contributed by atoms with Crippen LogP contribution in [0.5, 0.6) is 0 Å². The molecule has 0 aromatic carbocycles. The molecule has 2 bridgehead atoms. The molecule has 0 aromatic heterocycles. The van der Waals surface area contributed by atoms with E-state index in [0.717, 1.165) is 6.42 Å². The van der Waals surface area contributed by atoms with E-state index < -0.39 is 0 Å². The molecule has 4 atom stereocenters. The van der Waals surface area contributed by atoms with Crippen LogP contribution in [0.2, 0.25) is 0 Å². The van der Waals surface area contributed by atoms with Gasteiger partial charge in [0, 0.05) is 0 Å². The fourth-order valence-electron chi connectivity index (χ4n) is 3.52. The topological polar surface area (TPSA) is 29.5 Å². The van der Waals surface area contributed by atoms with Crippen LogP contribution in [-0.2, 0) is 4.74 Å². The third-order valence-corrected chi connectivity index (χ3v) is 4.99. The van der Waals surface area contributed by atoms with Gasteiger partial charge >= 0.3 is 0 Å². The highest BCUT2D eigenvalue weighted by Crippen LogP contribution is 2.57. The first kappa shape index (κ1) is 12.4. The van der Waals surface area contributed by atoms with E-state index in [9.17, 15) is 5.11 Å². The van der Waals surface area contributed by atoms with Crippen molar-refractivity contribution in [1.29, 1.82) is 0 Å². The van der Waals surface area contributed by atoms with Crippen molar-refractivity contribution in [2.24, 2.45) is 11.3 Å². The summed E-state index contributed by atoms with van der Waals surface area (Å²) in [5.41, 5.74) is 0.604. The number of ether oxygens (including phenoxy) is 1. The van der Waals surface area contributed by atoms with Crippen molar-refractivity contribution in [2.45, 2.75) is 71.0 Å². The van der Waals surface area contributed by atoms with Gasteiger partial charge in [-0.05, 0) is 49.9 Å². The van der Waals surface area contributed by atoms with Gasteiger partial charge in [0.25, 0.3) is 0 Å². The lowest BCUT2D eigenvalue weighted by atomic mass is 9.70. The number of rotatable bonds is 4. The first-order valence-electron chi connectivity index (χ1n) is 6.82. The van der Waals surface area contributed by atoms with Crippen LogP contribution in [0.1, 0.15) is 59.3 Å².